The van der Waals surface area contributed by atoms with E-state index in [0.29, 0.717) is 0 Å². The van der Waals surface area contributed by atoms with E-state index in [1.54, 1.807) is 0 Å². The Kier molecular flexibility index (Phi) is 5.19. The van der Waals surface area contributed by atoms with Crippen molar-refractivity contribution in [2.75, 3.05) is 12.8 Å². The quantitative estimate of drug-likeness (QED) is 0.211. The number of hydrogen-bond acceptors (Lipinski definition) is 3. The van der Waals surface area contributed by atoms with Crippen molar-refractivity contribution < 1.29 is 28.9 Å². The molecule has 0 aromatic carbocycles. The van der Waals surface area contributed by atoms with Crippen molar-refractivity contribution in [2.45, 2.75) is 18.8 Å². The van der Waals surface area contributed by atoms with E-state index in [2.05, 4.69) is 0 Å². The molecule has 2 unspecified atom stereocenters. The minimum Gasteiger partial charge on any atom is -0.631 e. The summed E-state index contributed by atoms with van der Waals surface area (Å²) < 4.78 is 9.05. The summed E-state index contributed by atoms with van der Waals surface area (Å²) in [5, 5.41) is 20.3. The van der Waals surface area contributed by atoms with E-state index in [1.165, 1.54) is 6.92 Å². The molecule has 0 saturated heterocycles. The summed E-state index contributed by atoms with van der Waals surface area (Å²) in [6.45, 7) is 0.567. The second kappa shape index (κ2) is 5.25. The number of alkyl halides is 1. The number of carboxylic acid groups (broad SMARTS) is 1. The summed E-state index contributed by atoms with van der Waals surface area (Å²) in [7, 11) is -4.60. The number of nitrogens with zero attached hydrogens (tertiary/aromatic N) is 1. The predicted octanol–water partition coefficient (Wildman–Crippen LogP) is 0.496. The Hall–Kier alpha value is -0.170. The second-order valence-corrected chi connectivity index (χ2v) is 5.27. The second-order valence-electron chi connectivity index (χ2n) is 3.15. The topological polar surface area (TPSA) is 118 Å². The van der Waals surface area contributed by atoms with Crippen molar-refractivity contribution >= 4 is 25.2 Å². The number of hydroxylamine groups is 3. The molecule has 2 atom stereocenters. The average Bonchev–Trinajstić information content (AvgIpc) is 1.97. The summed E-state index contributed by atoms with van der Waals surface area (Å²) in [6, 6.07) is 0. The van der Waals surface area contributed by atoms with Crippen LogP contribution in [0.1, 0.15) is 13.3 Å². The SMILES string of the molecule is CCC(Cl)[N+]([O-])(CC(=O)O)CP(=O)(O)O. The van der Waals surface area contributed by atoms with Crippen LogP contribution < -0.4 is 0 Å². The Morgan fingerprint density at radius 1 is 1.60 bits per heavy atom. The van der Waals surface area contributed by atoms with Crippen molar-refractivity contribution in [1.29, 1.82) is 0 Å². The van der Waals surface area contributed by atoms with Gasteiger partial charge >= 0.3 is 13.6 Å². The van der Waals surface area contributed by atoms with E-state index in [9.17, 15) is 14.6 Å². The zero-order valence-corrected chi connectivity index (χ0v) is 9.69. The lowest BCUT2D eigenvalue weighted by molar-refractivity contribution is -0.875. The van der Waals surface area contributed by atoms with Gasteiger partial charge < -0.3 is 24.7 Å². The molecule has 3 N–H and O–H groups in total. The van der Waals surface area contributed by atoms with Gasteiger partial charge in [-0.1, -0.05) is 18.5 Å². The Morgan fingerprint density at radius 3 is 2.33 bits per heavy atom. The van der Waals surface area contributed by atoms with Gasteiger partial charge in [0.05, 0.1) is 0 Å². The van der Waals surface area contributed by atoms with Crippen molar-refractivity contribution in [3.05, 3.63) is 5.21 Å². The molecule has 0 amide bonds. The third kappa shape index (κ3) is 5.46. The van der Waals surface area contributed by atoms with Crippen molar-refractivity contribution in [3.63, 3.8) is 0 Å². The number of carbonyl (C=O) groups is 1. The first-order chi connectivity index (χ1) is 6.60. The first kappa shape index (κ1) is 14.8. The number of quaternary nitrogens is 1. The van der Waals surface area contributed by atoms with Gasteiger partial charge in [0.25, 0.3) is 0 Å². The van der Waals surface area contributed by atoms with E-state index in [-0.39, 0.29) is 6.42 Å². The van der Waals surface area contributed by atoms with E-state index >= 15 is 0 Å². The first-order valence-corrected chi connectivity index (χ1v) is 6.32. The molecule has 0 heterocycles. The van der Waals surface area contributed by atoms with Gasteiger partial charge in [-0.3, -0.25) is 4.57 Å². The minimum atomic E-state index is -4.60. The summed E-state index contributed by atoms with van der Waals surface area (Å²) in [5.41, 5.74) is -1.19. The summed E-state index contributed by atoms with van der Waals surface area (Å²) in [5.74, 6) is -1.45. The van der Waals surface area contributed by atoms with Crippen LogP contribution in [-0.2, 0) is 9.36 Å². The van der Waals surface area contributed by atoms with Crippen LogP contribution in [0.2, 0.25) is 0 Å². The molecule has 15 heavy (non-hydrogen) atoms. The molecule has 0 saturated carbocycles. The highest BCUT2D eigenvalue weighted by Gasteiger charge is 2.35. The molecule has 90 valence electrons. The highest BCUT2D eigenvalue weighted by molar-refractivity contribution is 7.51. The van der Waals surface area contributed by atoms with Gasteiger partial charge in [0, 0.05) is 6.42 Å². The smallest absolute Gasteiger partial charge is 0.379 e. The van der Waals surface area contributed by atoms with Gasteiger partial charge in [0.2, 0.25) is 0 Å². The van der Waals surface area contributed by atoms with Gasteiger partial charge in [0.15, 0.2) is 18.3 Å². The maximum absolute atomic E-state index is 11.8. The summed E-state index contributed by atoms with van der Waals surface area (Å²) in [6.07, 6.45) is -1.00. The number of aliphatic carboxylic acids is 1. The Bertz CT molecular complexity index is 281. The number of carboxylic acids is 1. The van der Waals surface area contributed by atoms with E-state index in [4.69, 9.17) is 26.5 Å². The molecule has 0 spiro atoms. The van der Waals surface area contributed by atoms with Crippen LogP contribution in [0.5, 0.6) is 0 Å². The maximum Gasteiger partial charge on any atom is 0.379 e. The van der Waals surface area contributed by atoms with Gasteiger partial charge in [-0.05, 0) is 0 Å². The molecular weight excluding hydrogens is 248 g/mol. The molecule has 0 fully saturated rings. The van der Waals surface area contributed by atoms with Crippen LogP contribution in [0.3, 0.4) is 0 Å². The van der Waals surface area contributed by atoms with Crippen LogP contribution in [0.25, 0.3) is 0 Å². The van der Waals surface area contributed by atoms with Crippen LogP contribution in [0, 0.1) is 5.21 Å². The van der Waals surface area contributed by atoms with Crippen LogP contribution >= 0.6 is 19.2 Å². The largest absolute Gasteiger partial charge is 0.631 e. The average molecular weight is 262 g/mol. The van der Waals surface area contributed by atoms with Gasteiger partial charge in [-0.15, -0.1) is 0 Å². The molecule has 0 radical (unpaired) electrons. The Morgan fingerprint density at radius 2 is 2.07 bits per heavy atom. The van der Waals surface area contributed by atoms with Gasteiger partial charge in [-0.25, -0.2) is 4.79 Å². The Labute approximate surface area is 91.6 Å². The fraction of sp³-hybridized carbons (Fsp3) is 0.833. The third-order valence-corrected chi connectivity index (χ3v) is 3.19. The highest BCUT2D eigenvalue weighted by atomic mass is 35.5. The van der Waals surface area contributed by atoms with Crippen molar-refractivity contribution in [2.24, 2.45) is 0 Å². The monoisotopic (exact) mass is 261 g/mol. The van der Waals surface area contributed by atoms with Crippen molar-refractivity contribution in [3.8, 4) is 0 Å². The van der Waals surface area contributed by atoms with Gasteiger partial charge in [-0.2, -0.15) is 0 Å². The molecule has 0 aromatic rings. The molecule has 0 aromatic heterocycles. The van der Waals surface area contributed by atoms with Crippen LogP contribution in [0.15, 0.2) is 0 Å². The molecule has 0 bridgehead atoms. The first-order valence-electron chi connectivity index (χ1n) is 4.09. The minimum absolute atomic E-state index is 0.123. The number of halogens is 1. The lowest BCUT2D eigenvalue weighted by Crippen LogP contribution is -2.51. The molecule has 0 aliphatic rings. The lowest BCUT2D eigenvalue weighted by Gasteiger charge is -2.44. The van der Waals surface area contributed by atoms with Crippen LogP contribution in [0.4, 0.5) is 0 Å². The fourth-order valence-electron chi connectivity index (χ4n) is 1.11. The molecule has 0 aliphatic carbocycles. The highest BCUT2D eigenvalue weighted by Crippen LogP contribution is 2.40. The van der Waals surface area contributed by atoms with E-state index in [0.717, 1.165) is 0 Å². The maximum atomic E-state index is 11.8. The number of rotatable bonds is 6. The molecule has 0 rings (SSSR count). The fourth-order valence-corrected chi connectivity index (χ4v) is 2.27. The van der Waals surface area contributed by atoms with Gasteiger partial charge in [0.1, 0.15) is 0 Å². The normalized spacial score (nSPS) is 18.2. The standard InChI is InChI=1S/C6H13ClNO6P/c1-2-5(7)8(11,3-6(9)10)4-15(12,13)14/h5H,2-4H2,1H3,(H,9,10)(H2,12,13,14). The van der Waals surface area contributed by atoms with Crippen molar-refractivity contribution in [1.82, 2.24) is 0 Å². The van der Waals surface area contributed by atoms with E-state index in [1.807, 2.05) is 0 Å². The summed E-state index contributed by atoms with van der Waals surface area (Å²) in [4.78, 5) is 27.7. The third-order valence-electron chi connectivity index (χ3n) is 1.67. The van der Waals surface area contributed by atoms with E-state index < -0.39 is 36.5 Å². The zero-order chi connectivity index (χ0) is 12.3. The molecule has 9 heteroatoms. The summed E-state index contributed by atoms with van der Waals surface area (Å²) >= 11 is 5.58. The number of hydrogen-bond donors (Lipinski definition) is 3. The molecular formula is C6H13ClNO6P. The molecule has 0 aliphatic heterocycles. The zero-order valence-electron chi connectivity index (χ0n) is 8.04. The van der Waals surface area contributed by atoms with Crippen LogP contribution in [-0.4, -0.2) is 43.8 Å². The lowest BCUT2D eigenvalue weighted by atomic mass is 10.4. The molecule has 7 nitrogen and oxygen atoms in total. The Balaban J connectivity index is 4.85. The predicted molar refractivity (Wildman–Crippen MR) is 53.0 cm³/mol.